The highest BCUT2D eigenvalue weighted by atomic mass is 32.2. The van der Waals surface area contributed by atoms with Crippen molar-refractivity contribution in [2.75, 3.05) is 16.4 Å². The fraction of sp³-hybridized carbons (Fsp3) is 0.0870. The van der Waals surface area contributed by atoms with Gasteiger partial charge >= 0.3 is 0 Å². The van der Waals surface area contributed by atoms with E-state index in [1.165, 1.54) is 47.4 Å². The Labute approximate surface area is 197 Å². The van der Waals surface area contributed by atoms with E-state index in [0.717, 1.165) is 20.1 Å². The van der Waals surface area contributed by atoms with Crippen LogP contribution in [0.2, 0.25) is 0 Å². The van der Waals surface area contributed by atoms with Crippen LogP contribution < -0.4 is 10.6 Å². The Hall–Kier alpha value is -3.76. The maximum Gasteiger partial charge on any atom is 0.269 e. The second-order valence-electron chi connectivity index (χ2n) is 7.07. The van der Waals surface area contributed by atoms with Crippen LogP contribution >= 0.6 is 23.1 Å². The van der Waals surface area contributed by atoms with Gasteiger partial charge in [-0.2, -0.15) is 0 Å². The van der Waals surface area contributed by atoms with E-state index >= 15 is 0 Å². The largest absolute Gasteiger partial charge is 0.325 e. The molecule has 166 valence electrons. The Morgan fingerprint density at radius 1 is 1.03 bits per heavy atom. The van der Waals surface area contributed by atoms with E-state index in [-0.39, 0.29) is 23.3 Å². The zero-order valence-electron chi connectivity index (χ0n) is 17.4. The molecule has 1 heterocycles. The molecule has 0 saturated carbocycles. The van der Waals surface area contributed by atoms with Crippen LogP contribution in [0.5, 0.6) is 0 Å². The number of anilines is 2. The van der Waals surface area contributed by atoms with Crippen LogP contribution in [0, 0.1) is 17.0 Å². The van der Waals surface area contributed by atoms with Gasteiger partial charge in [0.25, 0.3) is 11.6 Å². The van der Waals surface area contributed by atoms with E-state index in [1.54, 1.807) is 12.1 Å². The molecule has 0 aliphatic rings. The number of nitrogens with zero attached hydrogens (tertiary/aromatic N) is 2. The van der Waals surface area contributed by atoms with Crippen LogP contribution in [0.15, 0.2) is 71.1 Å². The molecule has 0 radical (unpaired) electrons. The number of fused-ring (bicyclic) bond motifs is 1. The Bertz CT molecular complexity index is 1350. The monoisotopic (exact) mass is 478 g/mol. The van der Waals surface area contributed by atoms with Crippen molar-refractivity contribution in [2.45, 2.75) is 11.3 Å². The van der Waals surface area contributed by atoms with Crippen LogP contribution in [-0.4, -0.2) is 27.5 Å². The van der Waals surface area contributed by atoms with E-state index in [0.29, 0.717) is 16.9 Å². The van der Waals surface area contributed by atoms with Gasteiger partial charge in [0, 0.05) is 29.1 Å². The van der Waals surface area contributed by atoms with Crippen molar-refractivity contribution in [2.24, 2.45) is 0 Å². The van der Waals surface area contributed by atoms with Crippen LogP contribution in [0.1, 0.15) is 15.9 Å². The molecule has 2 amide bonds. The standard InChI is InChI=1S/C23H18N4O4S2/c1-14-4-2-3-5-18(14)22(29)25-16-8-11-19-20(12-16)33-23(26-19)32-13-21(28)24-15-6-9-17(10-7-15)27(30)31/h2-12H,13H2,1H3,(H,24,28)(H,25,29). The van der Waals surface area contributed by atoms with Crippen molar-refractivity contribution in [3.8, 4) is 0 Å². The molecule has 10 heteroatoms. The molecule has 4 rings (SSSR count). The van der Waals surface area contributed by atoms with Crippen molar-refractivity contribution in [3.63, 3.8) is 0 Å². The Kier molecular flexibility index (Phi) is 6.66. The number of thioether (sulfide) groups is 1. The van der Waals surface area contributed by atoms with Gasteiger partial charge in [0.05, 0.1) is 20.9 Å². The molecule has 0 saturated heterocycles. The minimum Gasteiger partial charge on any atom is -0.325 e. The number of thiazole rings is 1. The molecule has 8 nitrogen and oxygen atoms in total. The summed E-state index contributed by atoms with van der Waals surface area (Å²) in [7, 11) is 0. The SMILES string of the molecule is Cc1ccccc1C(=O)Nc1ccc2nc(SCC(=O)Nc3ccc([N+](=O)[O-])cc3)sc2c1. The van der Waals surface area contributed by atoms with Gasteiger partial charge in [0.2, 0.25) is 5.91 Å². The minimum absolute atomic E-state index is 0.0358. The molecule has 3 aromatic carbocycles. The zero-order valence-corrected chi connectivity index (χ0v) is 19.0. The molecule has 0 atom stereocenters. The predicted octanol–water partition coefficient (Wildman–Crippen LogP) is 5.50. The predicted molar refractivity (Wildman–Crippen MR) is 131 cm³/mol. The number of amides is 2. The number of hydrogen-bond donors (Lipinski definition) is 2. The topological polar surface area (TPSA) is 114 Å². The summed E-state index contributed by atoms with van der Waals surface area (Å²) in [6.45, 7) is 1.89. The number of nitro groups is 1. The number of aryl methyl sites for hydroxylation is 1. The normalized spacial score (nSPS) is 10.7. The fourth-order valence-electron chi connectivity index (χ4n) is 3.06. The Morgan fingerprint density at radius 3 is 2.48 bits per heavy atom. The minimum atomic E-state index is -0.492. The summed E-state index contributed by atoms with van der Waals surface area (Å²) in [5, 5.41) is 16.3. The van der Waals surface area contributed by atoms with Gasteiger partial charge in [-0.3, -0.25) is 19.7 Å². The Morgan fingerprint density at radius 2 is 1.76 bits per heavy atom. The second-order valence-corrected chi connectivity index (χ2v) is 9.33. The van der Waals surface area contributed by atoms with Crippen molar-refractivity contribution >= 4 is 62.2 Å². The number of carbonyl (C=O) groups excluding carboxylic acids is 2. The summed E-state index contributed by atoms with van der Waals surface area (Å²) in [4.78, 5) is 39.5. The molecule has 0 bridgehead atoms. The number of rotatable bonds is 7. The lowest BCUT2D eigenvalue weighted by molar-refractivity contribution is -0.384. The van der Waals surface area contributed by atoms with Crippen LogP contribution in [0.25, 0.3) is 10.2 Å². The second kappa shape index (κ2) is 9.80. The molecule has 0 spiro atoms. The first-order valence-electron chi connectivity index (χ1n) is 9.84. The average molecular weight is 479 g/mol. The van der Waals surface area contributed by atoms with Gasteiger partial charge in [-0.1, -0.05) is 30.0 Å². The molecule has 4 aromatic rings. The third-order valence-corrected chi connectivity index (χ3v) is 6.87. The summed E-state index contributed by atoms with van der Waals surface area (Å²) in [6, 6.07) is 18.6. The van der Waals surface area contributed by atoms with Gasteiger partial charge in [-0.25, -0.2) is 4.98 Å². The van der Waals surface area contributed by atoms with Gasteiger partial charge < -0.3 is 10.6 Å². The van der Waals surface area contributed by atoms with E-state index in [9.17, 15) is 19.7 Å². The molecule has 0 fully saturated rings. The maximum absolute atomic E-state index is 12.6. The maximum atomic E-state index is 12.6. The van der Waals surface area contributed by atoms with Crippen LogP contribution in [-0.2, 0) is 4.79 Å². The van der Waals surface area contributed by atoms with Crippen molar-refractivity contribution in [1.82, 2.24) is 4.98 Å². The summed E-state index contributed by atoms with van der Waals surface area (Å²) < 4.78 is 1.63. The number of benzene rings is 3. The lowest BCUT2D eigenvalue weighted by Crippen LogP contribution is -2.13. The molecule has 0 aliphatic heterocycles. The number of hydrogen-bond acceptors (Lipinski definition) is 7. The highest BCUT2D eigenvalue weighted by molar-refractivity contribution is 8.01. The lowest BCUT2D eigenvalue weighted by Gasteiger charge is -2.07. The van der Waals surface area contributed by atoms with E-state index in [1.807, 2.05) is 37.3 Å². The number of nitrogens with one attached hydrogen (secondary N) is 2. The average Bonchev–Trinajstić information content (AvgIpc) is 3.20. The number of aromatic nitrogens is 1. The van der Waals surface area contributed by atoms with Gasteiger partial charge in [0.15, 0.2) is 4.34 Å². The van der Waals surface area contributed by atoms with E-state index in [4.69, 9.17) is 0 Å². The van der Waals surface area contributed by atoms with Gasteiger partial charge in [0.1, 0.15) is 0 Å². The Balaban J connectivity index is 1.37. The third-order valence-electron chi connectivity index (χ3n) is 4.70. The van der Waals surface area contributed by atoms with Crippen molar-refractivity contribution in [3.05, 3.63) is 88.0 Å². The highest BCUT2D eigenvalue weighted by Gasteiger charge is 2.12. The highest BCUT2D eigenvalue weighted by Crippen LogP contribution is 2.31. The van der Waals surface area contributed by atoms with Crippen molar-refractivity contribution in [1.29, 1.82) is 0 Å². The number of carbonyl (C=O) groups is 2. The lowest BCUT2D eigenvalue weighted by atomic mass is 10.1. The van der Waals surface area contributed by atoms with Crippen LogP contribution in [0.4, 0.5) is 17.1 Å². The van der Waals surface area contributed by atoms with Gasteiger partial charge in [-0.05, 0) is 48.9 Å². The summed E-state index contributed by atoms with van der Waals surface area (Å²) in [6.07, 6.45) is 0. The van der Waals surface area contributed by atoms with Crippen molar-refractivity contribution < 1.29 is 14.5 Å². The molecule has 1 aromatic heterocycles. The van der Waals surface area contributed by atoms with E-state index < -0.39 is 4.92 Å². The van der Waals surface area contributed by atoms with Gasteiger partial charge in [-0.15, -0.1) is 11.3 Å². The quantitative estimate of drug-likeness (QED) is 0.206. The molecule has 33 heavy (non-hydrogen) atoms. The first-order chi connectivity index (χ1) is 15.9. The zero-order chi connectivity index (χ0) is 23.4. The molecule has 0 aliphatic carbocycles. The molecular formula is C23H18N4O4S2. The third kappa shape index (κ3) is 5.54. The summed E-state index contributed by atoms with van der Waals surface area (Å²) in [5.74, 6) is -0.262. The molecule has 2 N–H and O–H groups in total. The number of nitro benzene ring substituents is 1. The molecular weight excluding hydrogens is 460 g/mol. The first kappa shape index (κ1) is 22.4. The first-order valence-corrected chi connectivity index (χ1v) is 11.6. The summed E-state index contributed by atoms with van der Waals surface area (Å²) in [5.41, 5.74) is 3.44. The fourth-order valence-corrected chi connectivity index (χ4v) is 4.97. The smallest absolute Gasteiger partial charge is 0.269 e. The summed E-state index contributed by atoms with van der Waals surface area (Å²) >= 11 is 2.74. The van der Waals surface area contributed by atoms with Crippen LogP contribution in [0.3, 0.4) is 0 Å². The number of non-ortho nitro benzene ring substituents is 1. The molecule has 0 unspecified atom stereocenters. The van der Waals surface area contributed by atoms with E-state index in [2.05, 4.69) is 15.6 Å².